The largest absolute Gasteiger partial charge is 0.462 e. The molecule has 0 bridgehead atoms. The van der Waals surface area contributed by atoms with Crippen LogP contribution in [0.2, 0.25) is 0 Å². The van der Waals surface area contributed by atoms with Gasteiger partial charge in [0.15, 0.2) is 0 Å². The molecule has 0 aliphatic carbocycles. The van der Waals surface area contributed by atoms with Crippen molar-refractivity contribution in [2.24, 2.45) is 0 Å². The summed E-state index contributed by atoms with van der Waals surface area (Å²) < 4.78 is 5.20. The number of anilines is 1. The maximum atomic E-state index is 12.7. The second-order valence-corrected chi connectivity index (χ2v) is 7.35. The van der Waals surface area contributed by atoms with Gasteiger partial charge in [-0.25, -0.2) is 4.79 Å². The van der Waals surface area contributed by atoms with Gasteiger partial charge in [-0.15, -0.1) is 11.3 Å². The Kier molecular flexibility index (Phi) is 6.79. The minimum atomic E-state index is -0.579. The van der Waals surface area contributed by atoms with Crippen molar-refractivity contribution in [3.63, 3.8) is 0 Å². The van der Waals surface area contributed by atoms with Gasteiger partial charge in [-0.05, 0) is 31.1 Å². The molecule has 2 aromatic carbocycles. The highest BCUT2D eigenvalue weighted by molar-refractivity contribution is 7.15. The predicted octanol–water partition coefficient (Wildman–Crippen LogP) is 5.45. The number of nitriles is 1. The number of amides is 1. The van der Waals surface area contributed by atoms with Crippen LogP contribution in [0, 0.1) is 18.3 Å². The van der Waals surface area contributed by atoms with Gasteiger partial charge in [-0.2, -0.15) is 5.26 Å². The fourth-order valence-corrected chi connectivity index (χ4v) is 3.79. The Bertz CT molecular complexity index is 1120. The molecule has 0 fully saturated rings. The van der Waals surface area contributed by atoms with Crippen LogP contribution >= 0.6 is 11.3 Å². The Balaban J connectivity index is 1.94. The molecule has 150 valence electrons. The number of rotatable bonds is 6. The third kappa shape index (κ3) is 4.83. The third-order valence-corrected chi connectivity index (χ3v) is 5.23. The molecule has 0 aliphatic rings. The molecule has 6 heteroatoms. The summed E-state index contributed by atoms with van der Waals surface area (Å²) in [5.41, 5.74) is 3.58. The molecule has 1 heterocycles. The normalized spacial score (nSPS) is 10.9. The number of thiophene rings is 1. The van der Waals surface area contributed by atoms with E-state index in [0.29, 0.717) is 10.6 Å². The summed E-state index contributed by atoms with van der Waals surface area (Å²) in [6.07, 6.45) is 1.52. The zero-order chi connectivity index (χ0) is 21.5. The fraction of sp³-hybridized carbons (Fsp3) is 0.125. The van der Waals surface area contributed by atoms with E-state index in [9.17, 15) is 14.9 Å². The molecular formula is C24H20N2O3S. The van der Waals surface area contributed by atoms with E-state index in [0.717, 1.165) is 16.7 Å². The van der Waals surface area contributed by atoms with Gasteiger partial charge < -0.3 is 10.1 Å². The molecule has 0 spiro atoms. The van der Waals surface area contributed by atoms with E-state index in [1.54, 1.807) is 12.3 Å². The van der Waals surface area contributed by atoms with Crippen LogP contribution in [0.3, 0.4) is 0 Å². The average Bonchev–Trinajstić information content (AvgIpc) is 3.17. The molecule has 3 aromatic rings. The van der Waals surface area contributed by atoms with Gasteiger partial charge in [-0.1, -0.05) is 60.2 Å². The van der Waals surface area contributed by atoms with E-state index in [1.807, 2.05) is 67.6 Å². The molecule has 0 aliphatic heterocycles. The lowest BCUT2D eigenvalue weighted by Crippen LogP contribution is -2.16. The number of benzene rings is 2. The first-order valence-corrected chi connectivity index (χ1v) is 10.2. The molecule has 1 aromatic heterocycles. The van der Waals surface area contributed by atoms with Gasteiger partial charge >= 0.3 is 5.97 Å². The molecule has 0 atom stereocenters. The first-order chi connectivity index (χ1) is 14.5. The smallest absolute Gasteiger partial charge is 0.341 e. The van der Waals surface area contributed by atoms with Gasteiger partial charge in [0.25, 0.3) is 5.91 Å². The molecule has 0 saturated carbocycles. The van der Waals surface area contributed by atoms with Crippen molar-refractivity contribution in [1.82, 2.24) is 0 Å². The van der Waals surface area contributed by atoms with Gasteiger partial charge in [0.1, 0.15) is 22.2 Å². The van der Waals surface area contributed by atoms with Crippen LogP contribution < -0.4 is 5.32 Å². The van der Waals surface area contributed by atoms with Crippen LogP contribution in [-0.2, 0) is 9.53 Å². The summed E-state index contributed by atoms with van der Waals surface area (Å²) in [6.45, 7) is 3.90. The maximum absolute atomic E-state index is 12.7. The van der Waals surface area contributed by atoms with Crippen molar-refractivity contribution in [3.05, 3.63) is 82.2 Å². The average molecular weight is 417 g/mol. The lowest BCUT2D eigenvalue weighted by Gasteiger charge is -2.08. The van der Waals surface area contributed by atoms with Crippen molar-refractivity contribution < 1.29 is 14.3 Å². The second-order valence-electron chi connectivity index (χ2n) is 6.47. The Morgan fingerprint density at radius 2 is 1.83 bits per heavy atom. The van der Waals surface area contributed by atoms with Crippen molar-refractivity contribution in [1.29, 1.82) is 5.26 Å². The summed E-state index contributed by atoms with van der Waals surface area (Å²) in [4.78, 5) is 25.4. The predicted molar refractivity (Wildman–Crippen MR) is 119 cm³/mol. The quantitative estimate of drug-likeness (QED) is 0.329. The molecule has 1 N–H and O–H groups in total. The minimum Gasteiger partial charge on any atom is -0.462 e. The van der Waals surface area contributed by atoms with E-state index in [2.05, 4.69) is 5.32 Å². The summed E-state index contributed by atoms with van der Waals surface area (Å²) in [5, 5.41) is 14.3. The lowest BCUT2D eigenvalue weighted by molar-refractivity contribution is -0.112. The van der Waals surface area contributed by atoms with Crippen LogP contribution in [0.1, 0.15) is 28.4 Å². The summed E-state index contributed by atoms with van der Waals surface area (Å²) >= 11 is 1.22. The molecular weight excluding hydrogens is 396 g/mol. The number of carbonyl (C=O) groups excluding carboxylic acids is 2. The fourth-order valence-electron chi connectivity index (χ4n) is 2.83. The van der Waals surface area contributed by atoms with E-state index in [-0.39, 0.29) is 17.7 Å². The van der Waals surface area contributed by atoms with Crippen LogP contribution in [0.15, 0.2) is 65.6 Å². The number of ether oxygens (including phenoxy) is 1. The zero-order valence-corrected chi connectivity index (χ0v) is 17.5. The highest BCUT2D eigenvalue weighted by Gasteiger charge is 2.23. The molecule has 1 amide bonds. The second kappa shape index (κ2) is 9.68. The van der Waals surface area contributed by atoms with Crippen LogP contribution in [0.25, 0.3) is 17.2 Å². The first kappa shape index (κ1) is 21.0. The van der Waals surface area contributed by atoms with Crippen molar-refractivity contribution in [2.45, 2.75) is 13.8 Å². The van der Waals surface area contributed by atoms with Gasteiger partial charge in [-0.3, -0.25) is 4.79 Å². The lowest BCUT2D eigenvalue weighted by atomic mass is 10.0. The standard InChI is InChI=1S/C24H20N2O3S/c1-3-29-24(28)21-20(18-7-5-4-6-8-18)15-30-23(21)26-22(27)19(14-25)13-17-11-9-16(2)10-12-17/h4-13,15H,3H2,1-2H3,(H,26,27). The van der Waals surface area contributed by atoms with E-state index in [4.69, 9.17) is 4.74 Å². The Morgan fingerprint density at radius 1 is 1.13 bits per heavy atom. The number of esters is 1. The van der Waals surface area contributed by atoms with E-state index >= 15 is 0 Å². The van der Waals surface area contributed by atoms with Crippen LogP contribution in [0.4, 0.5) is 5.00 Å². The Hall–Kier alpha value is -3.69. The van der Waals surface area contributed by atoms with Crippen LogP contribution in [-0.4, -0.2) is 18.5 Å². The number of hydrogen-bond acceptors (Lipinski definition) is 5. The number of nitrogens with zero attached hydrogens (tertiary/aromatic N) is 1. The molecule has 0 saturated heterocycles. The van der Waals surface area contributed by atoms with Gasteiger partial charge in [0.05, 0.1) is 6.61 Å². The first-order valence-electron chi connectivity index (χ1n) is 9.37. The third-order valence-electron chi connectivity index (χ3n) is 4.34. The minimum absolute atomic E-state index is 0.0525. The monoisotopic (exact) mass is 416 g/mol. The highest BCUT2D eigenvalue weighted by Crippen LogP contribution is 2.36. The number of carbonyl (C=O) groups is 2. The van der Waals surface area contributed by atoms with Crippen LogP contribution in [0.5, 0.6) is 0 Å². The number of nitrogens with one attached hydrogen (secondary N) is 1. The SMILES string of the molecule is CCOC(=O)c1c(-c2ccccc2)csc1NC(=O)C(C#N)=Cc1ccc(C)cc1. The summed E-state index contributed by atoms with van der Waals surface area (Å²) in [6, 6.07) is 18.8. The van der Waals surface area contributed by atoms with Gasteiger partial charge in [0.2, 0.25) is 0 Å². The summed E-state index contributed by atoms with van der Waals surface area (Å²) in [7, 11) is 0. The van der Waals surface area contributed by atoms with Crippen molar-refractivity contribution in [2.75, 3.05) is 11.9 Å². The molecule has 3 rings (SSSR count). The molecule has 5 nitrogen and oxygen atoms in total. The van der Waals surface area contributed by atoms with Crippen molar-refractivity contribution in [3.8, 4) is 17.2 Å². The molecule has 30 heavy (non-hydrogen) atoms. The Labute approximate surface area is 179 Å². The highest BCUT2D eigenvalue weighted by atomic mass is 32.1. The van der Waals surface area contributed by atoms with Gasteiger partial charge in [0, 0.05) is 10.9 Å². The Morgan fingerprint density at radius 3 is 2.47 bits per heavy atom. The number of hydrogen-bond donors (Lipinski definition) is 1. The van der Waals surface area contributed by atoms with E-state index in [1.165, 1.54) is 17.4 Å². The van der Waals surface area contributed by atoms with Crippen molar-refractivity contribution >= 4 is 34.3 Å². The topological polar surface area (TPSA) is 79.2 Å². The maximum Gasteiger partial charge on any atom is 0.341 e. The zero-order valence-electron chi connectivity index (χ0n) is 16.6. The molecule has 0 radical (unpaired) electrons. The van der Waals surface area contributed by atoms with E-state index < -0.39 is 11.9 Å². The summed E-state index contributed by atoms with van der Waals surface area (Å²) in [5.74, 6) is -1.10. The molecule has 0 unspecified atom stereocenters. The number of aryl methyl sites for hydroxylation is 1.